The lowest BCUT2D eigenvalue weighted by atomic mass is 9.84. The predicted molar refractivity (Wildman–Crippen MR) is 103 cm³/mol. The summed E-state index contributed by atoms with van der Waals surface area (Å²) in [5.41, 5.74) is 2.46. The Kier molecular flexibility index (Phi) is 4.00. The highest BCUT2D eigenvalue weighted by Crippen LogP contribution is 2.28. The molecule has 26 heavy (non-hydrogen) atoms. The largest absolute Gasteiger partial charge is 0.334 e. The molecule has 6 heteroatoms. The van der Waals surface area contributed by atoms with Crippen LogP contribution in [0.1, 0.15) is 13.8 Å². The highest BCUT2D eigenvalue weighted by atomic mass is 16.2. The first-order chi connectivity index (χ1) is 12.4. The Bertz CT molecular complexity index is 967. The minimum absolute atomic E-state index is 0.0184. The summed E-state index contributed by atoms with van der Waals surface area (Å²) in [7, 11) is 1.97. The Morgan fingerprint density at radius 2 is 2.00 bits per heavy atom. The van der Waals surface area contributed by atoms with Gasteiger partial charge < -0.3 is 9.88 Å². The summed E-state index contributed by atoms with van der Waals surface area (Å²) in [5.74, 6) is 0.569. The van der Waals surface area contributed by atoms with Crippen LogP contribution in [0, 0.1) is 5.41 Å². The van der Waals surface area contributed by atoms with E-state index < -0.39 is 0 Å². The molecule has 1 aromatic carbocycles. The van der Waals surface area contributed by atoms with Crippen LogP contribution in [0.5, 0.6) is 0 Å². The van der Waals surface area contributed by atoms with Crippen LogP contribution in [0.2, 0.25) is 0 Å². The number of rotatable bonds is 4. The first-order valence-electron chi connectivity index (χ1n) is 8.78. The van der Waals surface area contributed by atoms with Crippen molar-refractivity contribution in [3.8, 4) is 11.3 Å². The average Bonchev–Trinajstić information content (AvgIpc) is 2.98. The van der Waals surface area contributed by atoms with E-state index in [1.54, 1.807) is 12.5 Å². The Morgan fingerprint density at radius 1 is 1.19 bits per heavy atom. The van der Waals surface area contributed by atoms with Crippen LogP contribution in [-0.4, -0.2) is 45.0 Å². The zero-order valence-corrected chi connectivity index (χ0v) is 15.4. The van der Waals surface area contributed by atoms with Gasteiger partial charge in [0.25, 0.3) is 0 Å². The third-order valence-corrected chi connectivity index (χ3v) is 4.77. The van der Waals surface area contributed by atoms with Crippen molar-refractivity contribution in [3.63, 3.8) is 0 Å². The molecule has 0 saturated carbocycles. The van der Waals surface area contributed by atoms with Crippen LogP contribution in [0.15, 0.2) is 43.0 Å². The van der Waals surface area contributed by atoms with Crippen molar-refractivity contribution in [1.29, 1.82) is 0 Å². The molecule has 4 rings (SSSR count). The quantitative estimate of drug-likeness (QED) is 0.787. The fourth-order valence-electron chi connectivity index (χ4n) is 3.67. The monoisotopic (exact) mass is 349 g/mol. The number of carbonyl (C=O) groups excluding carboxylic acids is 1. The van der Waals surface area contributed by atoms with Crippen LogP contribution >= 0.6 is 0 Å². The molecular weight excluding hydrogens is 326 g/mol. The van der Waals surface area contributed by atoms with Crippen LogP contribution in [0.25, 0.3) is 22.0 Å². The van der Waals surface area contributed by atoms with E-state index in [-0.39, 0.29) is 5.91 Å². The Morgan fingerprint density at radius 3 is 2.69 bits per heavy atom. The number of nitrogens with zero attached hydrogens (tertiary/aromatic N) is 4. The maximum atomic E-state index is 12.3. The number of aryl methyl sites for hydroxylation is 1. The highest BCUT2D eigenvalue weighted by Gasteiger charge is 2.34. The molecule has 0 atom stereocenters. The van der Waals surface area contributed by atoms with Gasteiger partial charge in [0.15, 0.2) is 0 Å². The number of fused-ring (bicyclic) bond motifs is 1. The second-order valence-corrected chi connectivity index (χ2v) is 7.88. The minimum Gasteiger partial charge on any atom is -0.334 e. The number of imidazole rings is 1. The molecule has 1 fully saturated rings. The molecule has 1 amide bonds. The zero-order chi connectivity index (χ0) is 18.3. The van der Waals surface area contributed by atoms with Gasteiger partial charge in [0.1, 0.15) is 5.82 Å². The molecule has 1 aliphatic heterocycles. The number of amides is 1. The molecule has 2 aromatic heterocycles. The van der Waals surface area contributed by atoms with E-state index in [9.17, 15) is 4.79 Å². The molecule has 134 valence electrons. The lowest BCUT2D eigenvalue weighted by Gasteiger charge is -2.45. The van der Waals surface area contributed by atoms with Gasteiger partial charge in [-0.3, -0.25) is 9.69 Å². The highest BCUT2D eigenvalue weighted by molar-refractivity contribution is 5.94. The van der Waals surface area contributed by atoms with Crippen LogP contribution in [-0.2, 0) is 11.8 Å². The standard InChI is InChI=1S/C20H23N5O/c1-20(2)11-25(12-20)10-19(26)23-18-7-16-6-14(4-5-15(16)8-22-18)17-9-21-13-24(17)3/h4-9,13H,10-12H2,1-3H3,(H,22,23,26). The lowest BCUT2D eigenvalue weighted by Crippen LogP contribution is -2.54. The predicted octanol–water partition coefficient (Wildman–Crippen LogP) is 2.92. The third kappa shape index (κ3) is 3.32. The number of aromatic nitrogens is 3. The van der Waals surface area contributed by atoms with Crippen molar-refractivity contribution in [1.82, 2.24) is 19.4 Å². The molecule has 0 aliphatic carbocycles. The molecule has 3 aromatic rings. The lowest BCUT2D eigenvalue weighted by molar-refractivity contribution is -0.120. The molecular formula is C20H23N5O. The molecule has 0 radical (unpaired) electrons. The number of anilines is 1. The summed E-state index contributed by atoms with van der Waals surface area (Å²) >= 11 is 0. The van der Waals surface area contributed by atoms with Gasteiger partial charge >= 0.3 is 0 Å². The van der Waals surface area contributed by atoms with E-state index in [4.69, 9.17) is 0 Å². The van der Waals surface area contributed by atoms with E-state index in [0.717, 1.165) is 35.1 Å². The molecule has 0 spiro atoms. The summed E-state index contributed by atoms with van der Waals surface area (Å²) in [6.07, 6.45) is 5.43. The zero-order valence-electron chi connectivity index (χ0n) is 15.4. The molecule has 3 heterocycles. The molecule has 0 unspecified atom stereocenters. The van der Waals surface area contributed by atoms with Gasteiger partial charge in [-0.2, -0.15) is 0 Å². The fraction of sp³-hybridized carbons (Fsp3) is 0.350. The van der Waals surface area contributed by atoms with Crippen molar-refractivity contribution in [2.24, 2.45) is 12.5 Å². The average molecular weight is 349 g/mol. The first-order valence-corrected chi connectivity index (χ1v) is 8.78. The van der Waals surface area contributed by atoms with Gasteiger partial charge in [-0.1, -0.05) is 26.0 Å². The van der Waals surface area contributed by atoms with E-state index in [0.29, 0.717) is 17.8 Å². The summed E-state index contributed by atoms with van der Waals surface area (Å²) in [4.78, 5) is 23.0. The van der Waals surface area contributed by atoms with Crippen LogP contribution < -0.4 is 5.32 Å². The van der Waals surface area contributed by atoms with Crippen LogP contribution in [0.3, 0.4) is 0 Å². The molecule has 1 N–H and O–H groups in total. The SMILES string of the molecule is Cn1cncc1-c1ccc2cnc(NC(=O)CN3CC(C)(C)C3)cc2c1. The topological polar surface area (TPSA) is 63.1 Å². The van der Waals surface area contributed by atoms with Crippen molar-refractivity contribution in [2.75, 3.05) is 25.0 Å². The molecule has 6 nitrogen and oxygen atoms in total. The summed E-state index contributed by atoms with van der Waals surface area (Å²) in [6, 6.07) is 8.12. The van der Waals surface area contributed by atoms with Crippen molar-refractivity contribution < 1.29 is 4.79 Å². The smallest absolute Gasteiger partial charge is 0.239 e. The van der Waals surface area contributed by atoms with Crippen molar-refractivity contribution >= 4 is 22.5 Å². The Hall–Kier alpha value is -2.73. The van der Waals surface area contributed by atoms with Gasteiger partial charge in [-0.15, -0.1) is 0 Å². The number of likely N-dealkylation sites (tertiary alicyclic amines) is 1. The molecule has 0 bridgehead atoms. The Labute approximate surface area is 152 Å². The van der Waals surface area contributed by atoms with Crippen LogP contribution in [0.4, 0.5) is 5.82 Å². The number of hydrogen-bond donors (Lipinski definition) is 1. The van der Waals surface area contributed by atoms with Crippen molar-refractivity contribution in [3.05, 3.63) is 43.0 Å². The maximum absolute atomic E-state index is 12.3. The molecule has 1 aliphatic rings. The fourth-order valence-corrected chi connectivity index (χ4v) is 3.67. The first kappa shape index (κ1) is 16.7. The Balaban J connectivity index is 1.51. The maximum Gasteiger partial charge on any atom is 0.239 e. The third-order valence-electron chi connectivity index (χ3n) is 4.77. The number of pyridine rings is 1. The number of carbonyl (C=O) groups is 1. The van der Waals surface area contributed by atoms with E-state index in [1.807, 2.05) is 29.9 Å². The second kappa shape index (κ2) is 6.21. The van der Waals surface area contributed by atoms with Gasteiger partial charge in [0.2, 0.25) is 5.91 Å². The summed E-state index contributed by atoms with van der Waals surface area (Å²) in [6.45, 7) is 6.76. The number of benzene rings is 1. The van der Waals surface area contributed by atoms with E-state index in [2.05, 4.69) is 46.2 Å². The van der Waals surface area contributed by atoms with Gasteiger partial charge in [0.05, 0.1) is 24.8 Å². The normalized spacial score (nSPS) is 16.4. The summed E-state index contributed by atoms with van der Waals surface area (Å²) < 4.78 is 1.99. The van der Waals surface area contributed by atoms with E-state index in [1.165, 1.54) is 0 Å². The van der Waals surface area contributed by atoms with Gasteiger partial charge in [0, 0.05) is 37.3 Å². The van der Waals surface area contributed by atoms with Crippen molar-refractivity contribution in [2.45, 2.75) is 13.8 Å². The second-order valence-electron chi connectivity index (χ2n) is 7.88. The summed E-state index contributed by atoms with van der Waals surface area (Å²) in [5, 5.41) is 5.00. The number of nitrogens with one attached hydrogen (secondary N) is 1. The molecule has 1 saturated heterocycles. The van der Waals surface area contributed by atoms with Gasteiger partial charge in [-0.25, -0.2) is 9.97 Å². The minimum atomic E-state index is -0.0184. The van der Waals surface area contributed by atoms with Gasteiger partial charge in [-0.05, 0) is 22.9 Å². The number of hydrogen-bond acceptors (Lipinski definition) is 4. The van der Waals surface area contributed by atoms with E-state index >= 15 is 0 Å².